The van der Waals surface area contributed by atoms with Crippen LogP contribution in [0.2, 0.25) is 0 Å². The number of aryl methyl sites for hydroxylation is 1. The predicted octanol–water partition coefficient (Wildman–Crippen LogP) is 4.55. The molecule has 0 spiro atoms. The first kappa shape index (κ1) is 17.9. The first-order valence-corrected chi connectivity index (χ1v) is 8.20. The van der Waals surface area contributed by atoms with E-state index < -0.39 is 0 Å². The molecular weight excluding hydrogens is 322 g/mol. The van der Waals surface area contributed by atoms with E-state index in [4.69, 9.17) is 12.2 Å². The van der Waals surface area contributed by atoms with Crippen LogP contribution in [0.4, 0.5) is 11.4 Å². The summed E-state index contributed by atoms with van der Waals surface area (Å²) in [5, 5.41) is 14.7. The van der Waals surface area contributed by atoms with Gasteiger partial charge in [-0.1, -0.05) is 31.2 Å². The maximum Gasteiger partial charge on any atom is 0.269 e. The first-order chi connectivity index (χ1) is 11.4. The number of thiocarbonyl (C=S) groups is 1. The highest BCUT2D eigenvalue weighted by Gasteiger charge is 2.17. The summed E-state index contributed by atoms with van der Waals surface area (Å²) >= 11 is 5.48. The molecule has 0 saturated heterocycles. The highest BCUT2D eigenvalue weighted by Crippen LogP contribution is 2.24. The lowest BCUT2D eigenvalue weighted by Crippen LogP contribution is -2.33. The second kappa shape index (κ2) is 7.88. The fraction of sp³-hybridized carbons (Fsp3) is 0.278. The van der Waals surface area contributed by atoms with Crippen LogP contribution in [0, 0.1) is 10.1 Å². The number of nitro groups is 1. The van der Waals surface area contributed by atoms with E-state index in [-0.39, 0.29) is 16.7 Å². The maximum absolute atomic E-state index is 10.9. The number of nitro benzene ring substituents is 1. The Bertz CT molecular complexity index is 749. The zero-order valence-corrected chi connectivity index (χ0v) is 14.8. The Morgan fingerprint density at radius 3 is 2.67 bits per heavy atom. The monoisotopic (exact) mass is 343 g/mol. The molecular formula is C18H21N3O2S. The maximum atomic E-state index is 10.9. The van der Waals surface area contributed by atoms with Gasteiger partial charge in [-0.2, -0.15) is 0 Å². The van der Waals surface area contributed by atoms with Crippen molar-refractivity contribution < 1.29 is 4.92 Å². The Balaban J connectivity index is 2.11. The second-order valence-corrected chi connectivity index (χ2v) is 6.01. The van der Waals surface area contributed by atoms with Crippen LogP contribution in [-0.2, 0) is 6.42 Å². The lowest BCUT2D eigenvalue weighted by molar-refractivity contribution is -0.384. The molecule has 0 heterocycles. The summed E-state index contributed by atoms with van der Waals surface area (Å²) in [5.74, 6) is 0. The predicted molar refractivity (Wildman–Crippen MR) is 101 cm³/mol. The van der Waals surface area contributed by atoms with Gasteiger partial charge in [0.05, 0.1) is 11.0 Å². The summed E-state index contributed by atoms with van der Waals surface area (Å²) in [6.07, 6.45) is 0.961. The van der Waals surface area contributed by atoms with Crippen molar-refractivity contribution >= 4 is 28.7 Å². The van der Waals surface area contributed by atoms with Crippen LogP contribution < -0.4 is 5.32 Å². The van der Waals surface area contributed by atoms with Crippen molar-refractivity contribution in [3.8, 4) is 0 Å². The Morgan fingerprint density at radius 1 is 1.29 bits per heavy atom. The van der Waals surface area contributed by atoms with Crippen LogP contribution in [0.5, 0.6) is 0 Å². The molecule has 0 bridgehead atoms. The SMILES string of the molecule is CCc1cccc(NC(=S)N(C)[C@@H](C)c2cccc([N+](=O)[O-])c2)c1. The van der Waals surface area contributed by atoms with Crippen molar-refractivity contribution in [1.82, 2.24) is 4.90 Å². The van der Waals surface area contributed by atoms with Crippen LogP contribution in [0.1, 0.15) is 31.0 Å². The summed E-state index contributed by atoms with van der Waals surface area (Å²) in [6.45, 7) is 4.07. The van der Waals surface area contributed by atoms with Crippen LogP contribution in [-0.4, -0.2) is 22.0 Å². The molecule has 0 aliphatic carbocycles. The number of nitrogens with one attached hydrogen (secondary N) is 1. The lowest BCUT2D eigenvalue weighted by atomic mass is 10.1. The largest absolute Gasteiger partial charge is 0.345 e. The Morgan fingerprint density at radius 2 is 2.00 bits per heavy atom. The Kier molecular flexibility index (Phi) is 5.87. The van der Waals surface area contributed by atoms with Gasteiger partial charge in [-0.3, -0.25) is 10.1 Å². The number of hydrogen-bond acceptors (Lipinski definition) is 3. The summed E-state index contributed by atoms with van der Waals surface area (Å²) < 4.78 is 0. The number of benzene rings is 2. The second-order valence-electron chi connectivity index (χ2n) is 5.62. The molecule has 0 aromatic heterocycles. The zero-order valence-electron chi connectivity index (χ0n) is 14.0. The minimum Gasteiger partial charge on any atom is -0.345 e. The molecule has 2 rings (SSSR count). The van der Waals surface area contributed by atoms with Gasteiger partial charge in [0.15, 0.2) is 5.11 Å². The van der Waals surface area contributed by atoms with E-state index in [1.807, 2.05) is 37.1 Å². The molecule has 6 heteroatoms. The number of anilines is 1. The van der Waals surface area contributed by atoms with Crippen molar-refractivity contribution in [2.75, 3.05) is 12.4 Å². The lowest BCUT2D eigenvalue weighted by Gasteiger charge is -2.28. The highest BCUT2D eigenvalue weighted by molar-refractivity contribution is 7.80. The van der Waals surface area contributed by atoms with E-state index in [1.54, 1.807) is 12.1 Å². The van der Waals surface area contributed by atoms with Crippen LogP contribution in [0.15, 0.2) is 48.5 Å². The Hall–Kier alpha value is -2.47. The topological polar surface area (TPSA) is 58.4 Å². The molecule has 0 saturated carbocycles. The molecule has 24 heavy (non-hydrogen) atoms. The minimum absolute atomic E-state index is 0.0840. The summed E-state index contributed by atoms with van der Waals surface area (Å²) in [7, 11) is 1.88. The summed E-state index contributed by atoms with van der Waals surface area (Å²) in [5.41, 5.74) is 3.11. The fourth-order valence-electron chi connectivity index (χ4n) is 2.38. The molecule has 2 aromatic rings. The van der Waals surface area contributed by atoms with Gasteiger partial charge in [0.25, 0.3) is 5.69 Å². The van der Waals surface area contributed by atoms with Crippen LogP contribution in [0.3, 0.4) is 0 Å². The molecule has 0 unspecified atom stereocenters. The van der Waals surface area contributed by atoms with Gasteiger partial charge < -0.3 is 10.2 Å². The molecule has 1 N–H and O–H groups in total. The van der Waals surface area contributed by atoms with Gasteiger partial charge >= 0.3 is 0 Å². The van der Waals surface area contributed by atoms with Crippen LogP contribution in [0.25, 0.3) is 0 Å². The van der Waals surface area contributed by atoms with E-state index in [9.17, 15) is 10.1 Å². The first-order valence-electron chi connectivity index (χ1n) is 7.79. The third kappa shape index (κ3) is 4.29. The quantitative estimate of drug-likeness (QED) is 0.490. The smallest absolute Gasteiger partial charge is 0.269 e. The van der Waals surface area contributed by atoms with Crippen molar-refractivity contribution in [2.45, 2.75) is 26.3 Å². The zero-order chi connectivity index (χ0) is 17.7. The fourth-order valence-corrected chi connectivity index (χ4v) is 2.65. The molecule has 2 aromatic carbocycles. The van der Waals surface area contributed by atoms with Crippen molar-refractivity contribution in [1.29, 1.82) is 0 Å². The standard InChI is InChI=1S/C18H21N3O2S/c1-4-14-7-5-9-16(11-14)19-18(24)20(3)13(2)15-8-6-10-17(12-15)21(22)23/h5-13H,4H2,1-3H3,(H,19,24)/t13-/m0/s1. The molecule has 0 radical (unpaired) electrons. The van der Waals surface area contributed by atoms with Crippen molar-refractivity contribution in [3.63, 3.8) is 0 Å². The third-order valence-corrected chi connectivity index (χ3v) is 4.44. The molecule has 0 fully saturated rings. The number of rotatable bonds is 5. The summed E-state index contributed by atoms with van der Waals surface area (Å²) in [4.78, 5) is 12.4. The summed E-state index contributed by atoms with van der Waals surface area (Å²) in [6, 6.07) is 14.7. The average Bonchev–Trinajstić information content (AvgIpc) is 2.60. The van der Waals surface area contributed by atoms with Gasteiger partial charge in [0, 0.05) is 24.9 Å². The average molecular weight is 343 g/mol. The molecule has 0 amide bonds. The van der Waals surface area contributed by atoms with Gasteiger partial charge in [-0.05, 0) is 48.8 Å². The molecule has 1 atom stereocenters. The van der Waals surface area contributed by atoms with E-state index in [0.717, 1.165) is 17.7 Å². The number of nitrogens with zero attached hydrogens (tertiary/aromatic N) is 2. The molecule has 0 aliphatic heterocycles. The van der Waals surface area contributed by atoms with Gasteiger partial charge in [-0.25, -0.2) is 0 Å². The van der Waals surface area contributed by atoms with E-state index in [1.165, 1.54) is 11.6 Å². The number of hydrogen-bond donors (Lipinski definition) is 1. The molecule has 126 valence electrons. The van der Waals surface area contributed by atoms with E-state index >= 15 is 0 Å². The Labute approximate surface area is 147 Å². The third-order valence-electron chi connectivity index (χ3n) is 4.05. The highest BCUT2D eigenvalue weighted by atomic mass is 32.1. The molecule has 0 aliphatic rings. The minimum atomic E-state index is -0.386. The van der Waals surface area contributed by atoms with Crippen molar-refractivity contribution in [2.24, 2.45) is 0 Å². The van der Waals surface area contributed by atoms with Crippen molar-refractivity contribution in [3.05, 3.63) is 69.8 Å². The van der Waals surface area contributed by atoms with Gasteiger partial charge in [0.1, 0.15) is 0 Å². The van der Waals surface area contributed by atoms with E-state index in [0.29, 0.717) is 5.11 Å². The van der Waals surface area contributed by atoms with E-state index in [2.05, 4.69) is 24.4 Å². The number of non-ortho nitro benzene ring substituents is 1. The van der Waals surface area contributed by atoms with Gasteiger partial charge in [0.2, 0.25) is 0 Å². The van der Waals surface area contributed by atoms with Gasteiger partial charge in [-0.15, -0.1) is 0 Å². The molecule has 5 nitrogen and oxygen atoms in total. The normalized spacial score (nSPS) is 11.6. The van der Waals surface area contributed by atoms with Crippen LogP contribution >= 0.6 is 12.2 Å².